The maximum atomic E-state index is 12.3. The number of hydrogen-bond donors (Lipinski definition) is 0. The second-order valence-electron chi connectivity index (χ2n) is 8.31. The van der Waals surface area contributed by atoms with Crippen LogP contribution in [0.3, 0.4) is 0 Å². The van der Waals surface area contributed by atoms with Crippen LogP contribution in [-0.2, 0) is 9.53 Å². The molecule has 0 heterocycles. The summed E-state index contributed by atoms with van der Waals surface area (Å²) in [5.41, 5.74) is 0.860. The molecule has 1 unspecified atom stereocenters. The Morgan fingerprint density at radius 3 is 2.23 bits per heavy atom. The first-order chi connectivity index (χ1) is 10.6. The van der Waals surface area contributed by atoms with Gasteiger partial charge in [0.1, 0.15) is 5.60 Å². The molecule has 0 amide bonds. The van der Waals surface area contributed by atoms with E-state index in [1.807, 2.05) is 0 Å². The summed E-state index contributed by atoms with van der Waals surface area (Å²) in [5, 5.41) is 0. The summed E-state index contributed by atoms with van der Waals surface area (Å²) in [4.78, 5) is 12.3. The number of ether oxygens (including phenoxy) is 1. The Labute approximate surface area is 135 Å². The van der Waals surface area contributed by atoms with Gasteiger partial charge in [-0.25, -0.2) is 4.79 Å². The van der Waals surface area contributed by atoms with Gasteiger partial charge in [0.2, 0.25) is 0 Å². The minimum atomic E-state index is -0.173. The molecule has 124 valence electrons. The van der Waals surface area contributed by atoms with E-state index in [9.17, 15) is 4.79 Å². The molecule has 3 aliphatic rings. The second kappa shape index (κ2) is 6.37. The van der Waals surface area contributed by atoms with E-state index in [4.69, 9.17) is 4.74 Å². The fourth-order valence-corrected chi connectivity index (χ4v) is 5.44. The Morgan fingerprint density at radius 2 is 1.59 bits per heavy atom. The zero-order valence-corrected chi connectivity index (χ0v) is 14.3. The first-order valence-corrected chi connectivity index (χ1v) is 9.44. The minimum Gasteiger partial charge on any atom is -0.455 e. The first kappa shape index (κ1) is 16.1. The Kier molecular flexibility index (Phi) is 4.66. The summed E-state index contributed by atoms with van der Waals surface area (Å²) < 4.78 is 6.19. The van der Waals surface area contributed by atoms with Gasteiger partial charge in [-0.3, -0.25) is 0 Å². The highest BCUT2D eigenvalue weighted by molar-refractivity contribution is 5.87. The van der Waals surface area contributed by atoms with Crippen LogP contribution >= 0.6 is 0 Å². The highest BCUT2D eigenvalue weighted by atomic mass is 16.6. The number of carbonyl (C=O) groups excluding carboxylic acids is 1. The van der Waals surface area contributed by atoms with Crippen molar-refractivity contribution in [1.82, 2.24) is 0 Å². The molecule has 2 heteroatoms. The molecule has 22 heavy (non-hydrogen) atoms. The molecule has 0 saturated heterocycles. The van der Waals surface area contributed by atoms with Crippen LogP contribution in [0.15, 0.2) is 12.2 Å². The van der Waals surface area contributed by atoms with Crippen molar-refractivity contribution >= 4 is 5.97 Å². The van der Waals surface area contributed by atoms with Crippen LogP contribution in [0.25, 0.3) is 0 Å². The predicted molar refractivity (Wildman–Crippen MR) is 89.6 cm³/mol. The Hall–Kier alpha value is -0.790. The molecule has 3 saturated carbocycles. The van der Waals surface area contributed by atoms with Crippen LogP contribution in [0.1, 0.15) is 90.4 Å². The Bertz CT molecular complexity index is 427. The van der Waals surface area contributed by atoms with Gasteiger partial charge in [-0.05, 0) is 63.2 Å². The van der Waals surface area contributed by atoms with Gasteiger partial charge < -0.3 is 4.74 Å². The standard InChI is InChI=1S/C20H32O2/c1-16(2)18(21)22-20(17-9-5-3-6-10-17)14-13-19(15-20)11-7-4-8-12-19/h17H,1,3-15H2,2H3. The maximum absolute atomic E-state index is 12.3. The number of hydrogen-bond acceptors (Lipinski definition) is 2. The third-order valence-corrected chi connectivity index (χ3v) is 6.66. The van der Waals surface area contributed by atoms with E-state index in [1.165, 1.54) is 70.6 Å². The molecule has 3 fully saturated rings. The third-order valence-electron chi connectivity index (χ3n) is 6.66. The van der Waals surface area contributed by atoms with Gasteiger partial charge in [0, 0.05) is 5.57 Å². The zero-order valence-electron chi connectivity index (χ0n) is 14.3. The molecule has 0 N–H and O–H groups in total. The van der Waals surface area contributed by atoms with Gasteiger partial charge in [0.05, 0.1) is 0 Å². The van der Waals surface area contributed by atoms with Gasteiger partial charge in [0.25, 0.3) is 0 Å². The Balaban J connectivity index is 1.80. The average Bonchev–Trinajstić information content (AvgIpc) is 2.88. The molecule has 0 aliphatic heterocycles. The fraction of sp³-hybridized carbons (Fsp3) is 0.850. The number of esters is 1. The molecule has 3 rings (SSSR count). The summed E-state index contributed by atoms with van der Waals surface area (Å²) in [5.74, 6) is 0.435. The lowest BCUT2D eigenvalue weighted by Gasteiger charge is -2.42. The highest BCUT2D eigenvalue weighted by Gasteiger charge is 2.54. The second-order valence-corrected chi connectivity index (χ2v) is 8.31. The molecule has 0 aromatic heterocycles. The summed E-state index contributed by atoms with van der Waals surface area (Å²) in [6.07, 6.45) is 16.8. The van der Waals surface area contributed by atoms with Crippen LogP contribution in [0.5, 0.6) is 0 Å². The van der Waals surface area contributed by atoms with Crippen molar-refractivity contribution in [2.75, 3.05) is 0 Å². The molecule has 0 aromatic rings. The van der Waals surface area contributed by atoms with Crippen molar-refractivity contribution in [2.24, 2.45) is 11.3 Å². The van der Waals surface area contributed by atoms with E-state index >= 15 is 0 Å². The first-order valence-electron chi connectivity index (χ1n) is 9.44. The van der Waals surface area contributed by atoms with Gasteiger partial charge in [0.15, 0.2) is 0 Å². The van der Waals surface area contributed by atoms with Crippen molar-refractivity contribution < 1.29 is 9.53 Å². The number of carbonyl (C=O) groups is 1. The molecular formula is C20H32O2. The van der Waals surface area contributed by atoms with Crippen molar-refractivity contribution in [2.45, 2.75) is 96.0 Å². The smallest absolute Gasteiger partial charge is 0.333 e. The maximum Gasteiger partial charge on any atom is 0.333 e. The van der Waals surface area contributed by atoms with E-state index in [-0.39, 0.29) is 11.6 Å². The van der Waals surface area contributed by atoms with Gasteiger partial charge >= 0.3 is 5.97 Å². The molecule has 3 aliphatic carbocycles. The summed E-state index contributed by atoms with van der Waals surface area (Å²) >= 11 is 0. The largest absolute Gasteiger partial charge is 0.455 e. The van der Waals surface area contributed by atoms with Gasteiger partial charge in [-0.2, -0.15) is 0 Å². The third kappa shape index (κ3) is 3.12. The lowest BCUT2D eigenvalue weighted by Crippen LogP contribution is -2.43. The zero-order chi connectivity index (χ0) is 15.6. The molecule has 1 spiro atoms. The molecule has 0 radical (unpaired) electrons. The summed E-state index contributed by atoms with van der Waals surface area (Å²) in [6, 6.07) is 0. The molecule has 2 nitrogen and oxygen atoms in total. The van der Waals surface area contributed by atoms with E-state index in [0.29, 0.717) is 16.9 Å². The minimum absolute atomic E-state index is 0.154. The van der Waals surface area contributed by atoms with Crippen molar-refractivity contribution in [3.8, 4) is 0 Å². The van der Waals surface area contributed by atoms with Crippen molar-refractivity contribution in [3.63, 3.8) is 0 Å². The van der Waals surface area contributed by atoms with Crippen LogP contribution < -0.4 is 0 Å². The number of rotatable bonds is 3. The van der Waals surface area contributed by atoms with Crippen LogP contribution in [0.4, 0.5) is 0 Å². The van der Waals surface area contributed by atoms with E-state index in [2.05, 4.69) is 6.58 Å². The SMILES string of the molecule is C=C(C)C(=O)OC1(C2CCCCC2)CCC2(CCCCC2)C1. The van der Waals surface area contributed by atoms with E-state index in [0.717, 1.165) is 12.8 Å². The van der Waals surface area contributed by atoms with E-state index < -0.39 is 0 Å². The van der Waals surface area contributed by atoms with E-state index in [1.54, 1.807) is 6.92 Å². The lowest BCUT2D eigenvalue weighted by atomic mass is 9.69. The summed E-state index contributed by atoms with van der Waals surface area (Å²) in [6.45, 7) is 5.58. The monoisotopic (exact) mass is 304 g/mol. The molecule has 0 aromatic carbocycles. The van der Waals surface area contributed by atoms with Crippen LogP contribution in [0.2, 0.25) is 0 Å². The van der Waals surface area contributed by atoms with Gasteiger partial charge in [-0.15, -0.1) is 0 Å². The fourth-order valence-electron chi connectivity index (χ4n) is 5.44. The quantitative estimate of drug-likeness (QED) is 0.504. The molecular weight excluding hydrogens is 272 g/mol. The normalized spacial score (nSPS) is 32.0. The highest BCUT2D eigenvalue weighted by Crippen LogP contribution is 2.58. The molecule has 1 atom stereocenters. The Morgan fingerprint density at radius 1 is 0.955 bits per heavy atom. The van der Waals surface area contributed by atoms with Gasteiger partial charge in [-0.1, -0.05) is 45.1 Å². The summed E-state index contributed by atoms with van der Waals surface area (Å²) in [7, 11) is 0. The van der Waals surface area contributed by atoms with Crippen molar-refractivity contribution in [1.29, 1.82) is 0 Å². The average molecular weight is 304 g/mol. The topological polar surface area (TPSA) is 26.3 Å². The lowest BCUT2D eigenvalue weighted by molar-refractivity contribution is -0.163. The molecule has 0 bridgehead atoms. The predicted octanol–water partition coefficient (Wildman–Crippen LogP) is 5.56. The van der Waals surface area contributed by atoms with Crippen molar-refractivity contribution in [3.05, 3.63) is 12.2 Å². The van der Waals surface area contributed by atoms with Crippen LogP contribution in [-0.4, -0.2) is 11.6 Å². The van der Waals surface area contributed by atoms with Crippen LogP contribution in [0, 0.1) is 11.3 Å².